The number of hydrogen-bond acceptors (Lipinski definition) is 1. The van der Waals surface area contributed by atoms with Crippen molar-refractivity contribution in [3.05, 3.63) is 23.6 Å². The Balaban J connectivity index is 2.92. The molecule has 1 aliphatic carbocycles. The van der Waals surface area contributed by atoms with Crippen molar-refractivity contribution in [1.82, 2.24) is 0 Å². The minimum absolute atomic E-state index is 0.257. The highest BCUT2D eigenvalue weighted by atomic mass is 79.9. The molecule has 0 aromatic rings. The van der Waals surface area contributed by atoms with Gasteiger partial charge in [0.15, 0.2) is 0 Å². The number of alkyl halides is 1. The van der Waals surface area contributed by atoms with E-state index in [4.69, 9.17) is 5.11 Å². The van der Waals surface area contributed by atoms with E-state index in [-0.39, 0.29) is 11.4 Å². The molecule has 1 N–H and O–H groups in total. The number of allylic oxidation sites excluding steroid dienone is 2. The average Bonchev–Trinajstić information content (AvgIpc) is 2.01. The van der Waals surface area contributed by atoms with Crippen LogP contribution in [0.3, 0.4) is 0 Å². The van der Waals surface area contributed by atoms with Gasteiger partial charge in [0, 0.05) is 12.0 Å². The van der Waals surface area contributed by atoms with E-state index in [1.165, 1.54) is 6.08 Å². The lowest BCUT2D eigenvalue weighted by Gasteiger charge is -2.03. The second kappa shape index (κ2) is 4.44. The van der Waals surface area contributed by atoms with Gasteiger partial charge in [0.2, 0.25) is 0 Å². The molecule has 0 saturated heterocycles. The van der Waals surface area contributed by atoms with E-state index in [1.54, 1.807) is 6.08 Å². The molecule has 12 heavy (non-hydrogen) atoms. The number of aliphatic hydroxyl groups is 1. The van der Waals surface area contributed by atoms with Gasteiger partial charge in [-0.25, -0.2) is 4.39 Å². The van der Waals surface area contributed by atoms with Crippen LogP contribution in [-0.4, -0.2) is 16.5 Å². The van der Waals surface area contributed by atoms with Gasteiger partial charge in [0.25, 0.3) is 0 Å². The smallest absolute Gasteiger partial charge is 0.126 e. The molecule has 0 spiro atoms. The molecular formula is C9H8BrFO. The highest BCUT2D eigenvalue weighted by molar-refractivity contribution is 9.09. The first-order valence-corrected chi connectivity index (χ1v) is 4.45. The molecule has 0 aromatic carbocycles. The number of halogens is 2. The van der Waals surface area contributed by atoms with Gasteiger partial charge in [0.05, 0.1) is 11.4 Å². The summed E-state index contributed by atoms with van der Waals surface area (Å²) in [6.07, 6.45) is 3.42. The Labute approximate surface area is 79.1 Å². The van der Waals surface area contributed by atoms with Crippen LogP contribution in [0, 0.1) is 11.8 Å². The van der Waals surface area contributed by atoms with Gasteiger partial charge in [-0.15, -0.1) is 0 Å². The molecule has 1 nitrogen and oxygen atoms in total. The van der Waals surface area contributed by atoms with Gasteiger partial charge in [-0.3, -0.25) is 0 Å². The lowest BCUT2D eigenvalue weighted by molar-refractivity contribution is 0.327. The van der Waals surface area contributed by atoms with Crippen molar-refractivity contribution in [1.29, 1.82) is 0 Å². The molecule has 0 radical (unpaired) electrons. The summed E-state index contributed by atoms with van der Waals surface area (Å²) in [5, 5.41) is 8.75. The maximum Gasteiger partial charge on any atom is 0.126 e. The standard InChI is InChI=1S/C9H8BrFO/c10-8-4-2-1-3-7(6-12)9(11)5-8/h3,5,8,12H,1,6H2/b7-3-,9-5+. The monoisotopic (exact) mass is 230 g/mol. The topological polar surface area (TPSA) is 20.2 Å². The van der Waals surface area contributed by atoms with E-state index in [2.05, 4.69) is 27.8 Å². The van der Waals surface area contributed by atoms with Crippen LogP contribution in [0.25, 0.3) is 0 Å². The zero-order valence-corrected chi connectivity index (χ0v) is 7.94. The summed E-state index contributed by atoms with van der Waals surface area (Å²) in [4.78, 5) is -0.257. The third-order valence-corrected chi connectivity index (χ3v) is 1.95. The van der Waals surface area contributed by atoms with Gasteiger partial charge in [-0.2, -0.15) is 0 Å². The minimum atomic E-state index is -0.395. The molecule has 0 amide bonds. The molecule has 0 fully saturated rings. The zero-order valence-electron chi connectivity index (χ0n) is 6.35. The predicted molar refractivity (Wildman–Crippen MR) is 49.5 cm³/mol. The Morgan fingerprint density at radius 3 is 3.17 bits per heavy atom. The molecule has 0 aliphatic heterocycles. The van der Waals surface area contributed by atoms with Crippen LogP contribution in [0.15, 0.2) is 23.6 Å². The first-order valence-electron chi connectivity index (χ1n) is 3.54. The van der Waals surface area contributed by atoms with Crippen LogP contribution in [0.2, 0.25) is 0 Å². The van der Waals surface area contributed by atoms with Crippen molar-refractivity contribution >= 4 is 15.9 Å². The van der Waals surface area contributed by atoms with E-state index in [9.17, 15) is 4.39 Å². The Morgan fingerprint density at radius 2 is 2.50 bits per heavy atom. The summed E-state index contributed by atoms with van der Waals surface area (Å²) in [5.74, 6) is 5.21. The SMILES string of the molecule is OCC1=C/CC#CC(Br)/C=C\1F. The number of aliphatic hydroxyl groups excluding tert-OH is 1. The third kappa shape index (κ3) is 2.47. The van der Waals surface area contributed by atoms with E-state index < -0.39 is 5.83 Å². The summed E-state index contributed by atoms with van der Waals surface area (Å²) in [5.41, 5.74) is 0.313. The number of hydrogen-bond donors (Lipinski definition) is 1. The normalized spacial score (nSPS) is 31.4. The van der Waals surface area contributed by atoms with E-state index >= 15 is 0 Å². The van der Waals surface area contributed by atoms with Gasteiger partial charge < -0.3 is 5.11 Å². The van der Waals surface area contributed by atoms with Crippen molar-refractivity contribution in [2.45, 2.75) is 11.2 Å². The fraction of sp³-hybridized carbons (Fsp3) is 0.333. The summed E-state index contributed by atoms with van der Waals surface area (Å²) >= 11 is 3.17. The fourth-order valence-electron chi connectivity index (χ4n) is 0.845. The van der Waals surface area contributed by atoms with Crippen molar-refractivity contribution < 1.29 is 9.50 Å². The van der Waals surface area contributed by atoms with Gasteiger partial charge >= 0.3 is 0 Å². The summed E-state index contributed by atoms with van der Waals surface area (Å²) in [7, 11) is 0. The van der Waals surface area contributed by atoms with E-state index in [1.807, 2.05) is 0 Å². The quantitative estimate of drug-likeness (QED) is 0.540. The lowest BCUT2D eigenvalue weighted by Crippen LogP contribution is -1.97. The van der Waals surface area contributed by atoms with Gasteiger partial charge in [0.1, 0.15) is 5.83 Å². The molecule has 0 heterocycles. The first-order chi connectivity index (χ1) is 5.74. The second-order valence-electron chi connectivity index (χ2n) is 2.33. The first kappa shape index (κ1) is 9.50. The number of rotatable bonds is 1. The molecule has 1 unspecified atom stereocenters. The summed E-state index contributed by atoms with van der Waals surface area (Å²) in [6.45, 7) is -0.274. The van der Waals surface area contributed by atoms with Crippen molar-refractivity contribution in [3.63, 3.8) is 0 Å². The van der Waals surface area contributed by atoms with Crippen molar-refractivity contribution in [3.8, 4) is 11.8 Å². The van der Waals surface area contributed by atoms with Gasteiger partial charge in [-0.05, 0) is 6.08 Å². The Morgan fingerprint density at radius 1 is 1.75 bits per heavy atom. The Bertz CT molecular complexity index is 283. The predicted octanol–water partition coefficient (Wildman–Crippen LogP) is 1.93. The molecule has 64 valence electrons. The Hall–Kier alpha value is -0.590. The maximum absolute atomic E-state index is 13.1. The van der Waals surface area contributed by atoms with Crippen LogP contribution < -0.4 is 0 Å². The second-order valence-corrected chi connectivity index (χ2v) is 3.32. The lowest BCUT2D eigenvalue weighted by atomic mass is 10.1. The molecule has 0 bridgehead atoms. The van der Waals surface area contributed by atoms with Crippen LogP contribution >= 0.6 is 15.9 Å². The average molecular weight is 231 g/mol. The van der Waals surface area contributed by atoms with Crippen molar-refractivity contribution in [2.75, 3.05) is 6.61 Å². The van der Waals surface area contributed by atoms with E-state index in [0.29, 0.717) is 12.0 Å². The zero-order chi connectivity index (χ0) is 8.97. The minimum Gasteiger partial charge on any atom is -0.392 e. The van der Waals surface area contributed by atoms with Gasteiger partial charge in [-0.1, -0.05) is 33.8 Å². The molecule has 1 aliphatic rings. The van der Waals surface area contributed by atoms with Crippen LogP contribution in [0.1, 0.15) is 6.42 Å². The third-order valence-electron chi connectivity index (χ3n) is 1.46. The summed E-state index contributed by atoms with van der Waals surface area (Å²) < 4.78 is 13.1. The van der Waals surface area contributed by atoms with Crippen LogP contribution in [-0.2, 0) is 0 Å². The largest absolute Gasteiger partial charge is 0.392 e. The van der Waals surface area contributed by atoms with Crippen LogP contribution in [0.4, 0.5) is 4.39 Å². The molecule has 3 heteroatoms. The van der Waals surface area contributed by atoms with Crippen LogP contribution in [0.5, 0.6) is 0 Å². The molecule has 1 atom stereocenters. The molecule has 0 saturated carbocycles. The summed E-state index contributed by atoms with van der Waals surface area (Å²) in [6, 6.07) is 0. The van der Waals surface area contributed by atoms with E-state index in [0.717, 1.165) is 0 Å². The van der Waals surface area contributed by atoms with Crippen molar-refractivity contribution in [2.24, 2.45) is 0 Å². The maximum atomic E-state index is 13.1. The highest BCUT2D eigenvalue weighted by Crippen LogP contribution is 2.16. The highest BCUT2D eigenvalue weighted by Gasteiger charge is 2.06. The molecular weight excluding hydrogens is 223 g/mol. The molecule has 1 rings (SSSR count). The molecule has 0 aromatic heterocycles. The Kier molecular flexibility index (Phi) is 3.51. The fourth-order valence-corrected chi connectivity index (χ4v) is 1.24.